The second kappa shape index (κ2) is 4.86. The second-order valence-electron chi connectivity index (χ2n) is 2.70. The Labute approximate surface area is 84.1 Å². The van der Waals surface area contributed by atoms with Crippen molar-refractivity contribution in [1.82, 2.24) is 0 Å². The number of nitriles is 1. The number of aliphatic hydroxyl groups excluding tert-OH is 1. The fourth-order valence-electron chi connectivity index (χ4n) is 1.11. The third-order valence-corrected chi connectivity index (χ3v) is 2.33. The SMILES string of the molecule is N#Cc1ccc(CO)c(CS(=O)[O-])c1. The van der Waals surface area contributed by atoms with E-state index in [-0.39, 0.29) is 12.4 Å². The van der Waals surface area contributed by atoms with Gasteiger partial charge in [0.15, 0.2) is 0 Å². The summed E-state index contributed by atoms with van der Waals surface area (Å²) >= 11 is -2.21. The summed E-state index contributed by atoms with van der Waals surface area (Å²) < 4.78 is 20.9. The average Bonchev–Trinajstić information content (AvgIpc) is 2.16. The molecule has 0 aliphatic carbocycles. The Hall–Kier alpha value is -1.22. The van der Waals surface area contributed by atoms with Gasteiger partial charge < -0.3 is 9.66 Å². The van der Waals surface area contributed by atoms with Gasteiger partial charge in [-0.2, -0.15) is 5.26 Å². The van der Waals surface area contributed by atoms with Gasteiger partial charge in [-0.25, -0.2) is 0 Å². The Bertz CT molecular complexity index is 398. The summed E-state index contributed by atoms with van der Waals surface area (Å²) in [6, 6.07) is 6.48. The van der Waals surface area contributed by atoms with Crippen molar-refractivity contribution in [2.45, 2.75) is 12.4 Å². The lowest BCUT2D eigenvalue weighted by molar-refractivity contribution is 0.281. The highest BCUT2D eigenvalue weighted by Gasteiger charge is 2.03. The molecule has 0 saturated carbocycles. The van der Waals surface area contributed by atoms with Gasteiger partial charge in [0.05, 0.1) is 18.2 Å². The first-order valence-corrected chi connectivity index (χ1v) is 5.10. The van der Waals surface area contributed by atoms with Crippen LogP contribution in [0.25, 0.3) is 0 Å². The van der Waals surface area contributed by atoms with Gasteiger partial charge in [0.2, 0.25) is 0 Å². The third-order valence-electron chi connectivity index (χ3n) is 1.78. The standard InChI is InChI=1S/C9H9NO3S/c10-4-7-1-2-8(5-11)9(3-7)6-14(12)13/h1-3,11H,5-6H2,(H,12,13)/p-1. The summed E-state index contributed by atoms with van der Waals surface area (Å²) in [7, 11) is 0. The summed E-state index contributed by atoms with van der Waals surface area (Å²) in [6.45, 7) is -0.224. The highest BCUT2D eigenvalue weighted by Crippen LogP contribution is 2.13. The van der Waals surface area contributed by atoms with Crippen LogP contribution in [-0.2, 0) is 23.4 Å². The van der Waals surface area contributed by atoms with E-state index in [0.717, 1.165) is 0 Å². The van der Waals surface area contributed by atoms with E-state index in [0.29, 0.717) is 16.7 Å². The molecule has 1 atom stereocenters. The Morgan fingerprint density at radius 3 is 2.71 bits per heavy atom. The van der Waals surface area contributed by atoms with Crippen molar-refractivity contribution in [3.8, 4) is 6.07 Å². The molecule has 0 aliphatic heterocycles. The summed E-state index contributed by atoms with van der Waals surface area (Å²) in [5, 5.41) is 17.5. The zero-order valence-electron chi connectivity index (χ0n) is 7.27. The number of hydrogen-bond donors (Lipinski definition) is 1. The molecule has 14 heavy (non-hydrogen) atoms. The fourth-order valence-corrected chi connectivity index (χ4v) is 1.63. The topological polar surface area (TPSA) is 84.1 Å². The zero-order valence-corrected chi connectivity index (χ0v) is 8.08. The van der Waals surface area contributed by atoms with Crippen molar-refractivity contribution in [2.75, 3.05) is 0 Å². The first kappa shape index (κ1) is 10.9. The van der Waals surface area contributed by atoms with Crippen LogP contribution in [0.5, 0.6) is 0 Å². The molecule has 5 heteroatoms. The van der Waals surface area contributed by atoms with E-state index >= 15 is 0 Å². The highest BCUT2D eigenvalue weighted by molar-refractivity contribution is 7.78. The van der Waals surface area contributed by atoms with Crippen molar-refractivity contribution in [1.29, 1.82) is 5.26 Å². The smallest absolute Gasteiger partial charge is 0.0991 e. The van der Waals surface area contributed by atoms with Crippen LogP contribution < -0.4 is 0 Å². The Morgan fingerprint density at radius 1 is 1.50 bits per heavy atom. The van der Waals surface area contributed by atoms with E-state index in [4.69, 9.17) is 10.4 Å². The van der Waals surface area contributed by atoms with E-state index in [2.05, 4.69) is 0 Å². The normalized spacial score (nSPS) is 12.1. The molecule has 0 bridgehead atoms. The van der Waals surface area contributed by atoms with E-state index in [1.165, 1.54) is 6.07 Å². The van der Waals surface area contributed by atoms with Gasteiger partial charge in [0, 0.05) is 5.75 Å². The first-order chi connectivity index (χ1) is 6.67. The van der Waals surface area contributed by atoms with Crippen LogP contribution in [0.2, 0.25) is 0 Å². The van der Waals surface area contributed by atoms with Crippen LogP contribution in [-0.4, -0.2) is 13.9 Å². The fraction of sp³-hybridized carbons (Fsp3) is 0.222. The molecule has 4 nitrogen and oxygen atoms in total. The quantitative estimate of drug-likeness (QED) is 0.733. The number of nitrogens with zero attached hydrogens (tertiary/aromatic N) is 1. The molecule has 1 aromatic rings. The number of hydrogen-bond acceptors (Lipinski definition) is 4. The minimum absolute atomic E-state index is 0.175. The van der Waals surface area contributed by atoms with Crippen molar-refractivity contribution < 1.29 is 13.9 Å². The predicted molar refractivity (Wildman–Crippen MR) is 49.7 cm³/mol. The summed E-state index contributed by atoms with van der Waals surface area (Å²) in [5.74, 6) is -0.175. The molecule has 0 aromatic heterocycles. The van der Waals surface area contributed by atoms with Crippen LogP contribution >= 0.6 is 0 Å². The van der Waals surface area contributed by atoms with Crippen LogP contribution in [0.1, 0.15) is 16.7 Å². The summed E-state index contributed by atoms with van der Waals surface area (Å²) in [4.78, 5) is 0. The van der Waals surface area contributed by atoms with E-state index < -0.39 is 11.1 Å². The van der Waals surface area contributed by atoms with E-state index in [9.17, 15) is 8.76 Å². The van der Waals surface area contributed by atoms with Gasteiger partial charge in [-0.3, -0.25) is 4.21 Å². The minimum atomic E-state index is -2.21. The molecule has 1 aromatic carbocycles. The molecule has 0 heterocycles. The number of benzene rings is 1. The summed E-state index contributed by atoms with van der Waals surface area (Å²) in [6.07, 6.45) is 0. The minimum Gasteiger partial charge on any atom is -0.772 e. The molecule has 0 radical (unpaired) electrons. The Balaban J connectivity index is 3.09. The summed E-state index contributed by atoms with van der Waals surface area (Å²) in [5.41, 5.74) is 1.40. The van der Waals surface area contributed by atoms with Crippen molar-refractivity contribution in [3.05, 3.63) is 34.9 Å². The number of rotatable bonds is 3. The zero-order chi connectivity index (χ0) is 10.6. The molecule has 1 unspecified atom stereocenters. The van der Waals surface area contributed by atoms with Crippen LogP contribution in [0, 0.1) is 11.3 Å². The Kier molecular flexibility index (Phi) is 3.77. The highest BCUT2D eigenvalue weighted by atomic mass is 32.2. The van der Waals surface area contributed by atoms with Gasteiger partial charge in [-0.1, -0.05) is 17.1 Å². The average molecular weight is 210 g/mol. The molecular weight excluding hydrogens is 202 g/mol. The van der Waals surface area contributed by atoms with Crippen molar-refractivity contribution >= 4 is 11.1 Å². The maximum atomic E-state index is 10.5. The third kappa shape index (κ3) is 2.64. The van der Waals surface area contributed by atoms with Crippen LogP contribution in [0.3, 0.4) is 0 Å². The molecular formula is C9H8NO3S-. The predicted octanol–water partition coefficient (Wildman–Crippen LogP) is 0.430. The second-order valence-corrected chi connectivity index (χ2v) is 3.60. The van der Waals surface area contributed by atoms with Crippen molar-refractivity contribution in [3.63, 3.8) is 0 Å². The van der Waals surface area contributed by atoms with Gasteiger partial charge >= 0.3 is 0 Å². The lowest BCUT2D eigenvalue weighted by Crippen LogP contribution is -1.99. The van der Waals surface area contributed by atoms with Crippen LogP contribution in [0.15, 0.2) is 18.2 Å². The molecule has 0 spiro atoms. The largest absolute Gasteiger partial charge is 0.772 e. The monoisotopic (exact) mass is 210 g/mol. The molecule has 1 rings (SSSR count). The van der Waals surface area contributed by atoms with Gasteiger partial charge in [0.1, 0.15) is 0 Å². The lowest BCUT2D eigenvalue weighted by Gasteiger charge is -2.09. The van der Waals surface area contributed by atoms with Gasteiger partial charge in [-0.15, -0.1) is 0 Å². The lowest BCUT2D eigenvalue weighted by atomic mass is 10.1. The maximum absolute atomic E-state index is 10.5. The molecule has 0 saturated heterocycles. The molecule has 0 aliphatic rings. The van der Waals surface area contributed by atoms with Crippen LogP contribution in [0.4, 0.5) is 0 Å². The maximum Gasteiger partial charge on any atom is 0.0991 e. The van der Waals surface area contributed by atoms with Crippen molar-refractivity contribution in [2.24, 2.45) is 0 Å². The number of aliphatic hydroxyl groups is 1. The molecule has 1 N–H and O–H groups in total. The Morgan fingerprint density at radius 2 is 2.21 bits per heavy atom. The first-order valence-electron chi connectivity index (χ1n) is 3.86. The molecule has 0 amide bonds. The van der Waals surface area contributed by atoms with E-state index in [1.807, 2.05) is 6.07 Å². The van der Waals surface area contributed by atoms with Gasteiger partial charge in [0.25, 0.3) is 0 Å². The van der Waals surface area contributed by atoms with E-state index in [1.54, 1.807) is 12.1 Å². The van der Waals surface area contributed by atoms with Gasteiger partial charge in [-0.05, 0) is 23.3 Å². The molecule has 0 fully saturated rings. The molecule has 74 valence electrons.